The number of carbonyl (C=O) groups excluding carboxylic acids is 1. The van der Waals surface area contributed by atoms with Crippen LogP contribution in [-0.2, 0) is 11.3 Å². The monoisotopic (exact) mass is 191 g/mol. The lowest BCUT2D eigenvalue weighted by Gasteiger charge is -1.96. The highest BCUT2D eigenvalue weighted by molar-refractivity contribution is 5.84. The number of methoxy groups -OCH3 is 1. The number of alkyl halides is 2. The Morgan fingerprint density at radius 2 is 2.46 bits per heavy atom. The average molecular weight is 191 g/mol. The lowest BCUT2D eigenvalue weighted by molar-refractivity contribution is 0.0584. The van der Waals surface area contributed by atoms with E-state index in [-0.39, 0.29) is 5.82 Å². The van der Waals surface area contributed by atoms with Crippen molar-refractivity contribution in [3.63, 3.8) is 0 Å². The summed E-state index contributed by atoms with van der Waals surface area (Å²) in [4.78, 5) is 14.2. The topological polar surface area (TPSA) is 57.0 Å². The van der Waals surface area contributed by atoms with Crippen LogP contribution in [0.1, 0.15) is 10.6 Å². The van der Waals surface area contributed by atoms with Crippen molar-refractivity contribution in [3.05, 3.63) is 12.2 Å². The van der Waals surface area contributed by atoms with Crippen LogP contribution in [0.5, 0.6) is 0 Å². The number of carbonyl (C=O) groups is 1. The van der Waals surface area contributed by atoms with Gasteiger partial charge in [0.05, 0.1) is 7.11 Å². The van der Waals surface area contributed by atoms with Crippen LogP contribution >= 0.6 is 0 Å². The minimum absolute atomic E-state index is 0.219. The summed E-state index contributed by atoms with van der Waals surface area (Å²) in [6, 6.07) is 0. The highest BCUT2D eigenvalue weighted by Gasteiger charge is 2.12. The lowest BCUT2D eigenvalue weighted by Crippen LogP contribution is -2.09. The van der Waals surface area contributed by atoms with E-state index in [0.717, 1.165) is 18.1 Å². The summed E-state index contributed by atoms with van der Waals surface area (Å²) in [7, 11) is 1.16. The van der Waals surface area contributed by atoms with E-state index in [1.54, 1.807) is 0 Å². The van der Waals surface area contributed by atoms with Crippen molar-refractivity contribution >= 4 is 5.97 Å². The average Bonchev–Trinajstić information content (AvgIpc) is 2.50. The molecule has 0 aliphatic heterocycles. The van der Waals surface area contributed by atoms with Crippen molar-refractivity contribution in [2.45, 2.75) is 13.0 Å². The van der Waals surface area contributed by atoms with Crippen molar-refractivity contribution in [3.8, 4) is 0 Å². The molecule has 0 atom stereocenters. The quantitative estimate of drug-likeness (QED) is 0.646. The molecule has 0 aliphatic rings. The van der Waals surface area contributed by atoms with E-state index in [9.17, 15) is 13.6 Å². The summed E-state index contributed by atoms with van der Waals surface area (Å²) in [5, 5.41) is 3.47. The van der Waals surface area contributed by atoms with Gasteiger partial charge < -0.3 is 4.74 Å². The maximum atomic E-state index is 11.8. The van der Waals surface area contributed by atoms with Crippen molar-refractivity contribution < 1.29 is 18.3 Å². The zero-order valence-corrected chi connectivity index (χ0v) is 6.78. The SMILES string of the molecule is COC(=O)c1ncn(CC(F)F)n1. The number of nitrogens with zero attached hydrogens (tertiary/aromatic N) is 3. The zero-order chi connectivity index (χ0) is 9.84. The Morgan fingerprint density at radius 3 is 3.00 bits per heavy atom. The minimum Gasteiger partial charge on any atom is -0.463 e. The van der Waals surface area contributed by atoms with Gasteiger partial charge in [0.25, 0.3) is 12.2 Å². The highest BCUT2D eigenvalue weighted by Crippen LogP contribution is 1.98. The van der Waals surface area contributed by atoms with Crippen LogP contribution in [0, 0.1) is 0 Å². The minimum atomic E-state index is -2.52. The molecule has 0 spiro atoms. The predicted octanol–water partition coefficient (Wildman–Crippen LogP) is 0.330. The van der Waals surface area contributed by atoms with Crippen molar-refractivity contribution in [1.82, 2.24) is 14.8 Å². The fourth-order valence-corrected chi connectivity index (χ4v) is 0.709. The van der Waals surface area contributed by atoms with Crippen LogP contribution in [0.15, 0.2) is 6.33 Å². The van der Waals surface area contributed by atoms with E-state index in [0.29, 0.717) is 0 Å². The van der Waals surface area contributed by atoms with Crippen LogP contribution in [0.25, 0.3) is 0 Å². The van der Waals surface area contributed by atoms with Crippen LogP contribution in [0.3, 0.4) is 0 Å². The van der Waals surface area contributed by atoms with Gasteiger partial charge in [-0.25, -0.2) is 23.2 Å². The summed E-state index contributed by atoms with van der Waals surface area (Å²) >= 11 is 0. The largest absolute Gasteiger partial charge is 0.463 e. The first kappa shape index (κ1) is 9.56. The second kappa shape index (κ2) is 3.92. The van der Waals surface area contributed by atoms with Crippen molar-refractivity contribution in [2.75, 3.05) is 7.11 Å². The van der Waals surface area contributed by atoms with Crippen molar-refractivity contribution in [1.29, 1.82) is 0 Å². The van der Waals surface area contributed by atoms with E-state index in [1.807, 2.05) is 0 Å². The van der Waals surface area contributed by atoms with Crippen LogP contribution in [0.4, 0.5) is 8.78 Å². The Hall–Kier alpha value is -1.53. The maximum absolute atomic E-state index is 11.8. The molecule has 0 saturated heterocycles. The van der Waals surface area contributed by atoms with E-state index in [4.69, 9.17) is 0 Å². The molecule has 0 radical (unpaired) electrons. The molecule has 0 saturated carbocycles. The third-order valence-electron chi connectivity index (χ3n) is 1.23. The maximum Gasteiger partial charge on any atom is 0.377 e. The first-order valence-electron chi connectivity index (χ1n) is 3.39. The van der Waals surface area contributed by atoms with Gasteiger partial charge in [-0.15, -0.1) is 5.10 Å². The number of hydrogen-bond acceptors (Lipinski definition) is 4. The predicted molar refractivity (Wildman–Crippen MR) is 37.4 cm³/mol. The molecule has 1 heterocycles. The molecule has 5 nitrogen and oxygen atoms in total. The highest BCUT2D eigenvalue weighted by atomic mass is 19.3. The zero-order valence-electron chi connectivity index (χ0n) is 6.78. The van der Waals surface area contributed by atoms with Crippen LogP contribution < -0.4 is 0 Å². The van der Waals surface area contributed by atoms with Gasteiger partial charge in [-0.3, -0.25) is 0 Å². The fourth-order valence-electron chi connectivity index (χ4n) is 0.709. The van der Waals surface area contributed by atoms with Gasteiger partial charge in [-0.2, -0.15) is 0 Å². The summed E-state index contributed by atoms with van der Waals surface area (Å²) in [5.41, 5.74) is 0. The Bertz CT molecular complexity index is 300. The number of ether oxygens (including phenoxy) is 1. The van der Waals surface area contributed by atoms with Gasteiger partial charge in [0, 0.05) is 0 Å². The molecule has 0 fully saturated rings. The van der Waals surface area contributed by atoms with E-state index in [2.05, 4.69) is 14.8 Å². The molecule has 0 N–H and O–H groups in total. The molecule has 1 rings (SSSR count). The molecular weight excluding hydrogens is 184 g/mol. The van der Waals surface area contributed by atoms with E-state index >= 15 is 0 Å². The van der Waals surface area contributed by atoms with Gasteiger partial charge in [-0.1, -0.05) is 0 Å². The second-order valence-corrected chi connectivity index (χ2v) is 2.17. The Kier molecular flexibility index (Phi) is 2.88. The van der Waals surface area contributed by atoms with E-state index in [1.165, 1.54) is 0 Å². The molecule has 0 unspecified atom stereocenters. The molecule has 0 bridgehead atoms. The Morgan fingerprint density at radius 1 is 1.77 bits per heavy atom. The summed E-state index contributed by atoms with van der Waals surface area (Å²) in [6.45, 7) is -0.579. The second-order valence-electron chi connectivity index (χ2n) is 2.17. The third-order valence-corrected chi connectivity index (χ3v) is 1.23. The third kappa shape index (κ3) is 2.46. The normalized spacial score (nSPS) is 10.5. The number of rotatable bonds is 3. The van der Waals surface area contributed by atoms with Gasteiger partial charge in [-0.05, 0) is 0 Å². The molecule has 1 aromatic rings. The van der Waals surface area contributed by atoms with Crippen molar-refractivity contribution in [2.24, 2.45) is 0 Å². The Balaban J connectivity index is 2.69. The molecule has 0 amide bonds. The molecular formula is C6H7F2N3O2. The first-order chi connectivity index (χ1) is 6.13. The first-order valence-corrected chi connectivity index (χ1v) is 3.39. The fraction of sp³-hybridized carbons (Fsp3) is 0.500. The smallest absolute Gasteiger partial charge is 0.377 e. The summed E-state index contributed by atoms with van der Waals surface area (Å²) < 4.78 is 28.8. The van der Waals surface area contributed by atoms with Gasteiger partial charge >= 0.3 is 5.97 Å². The molecule has 0 aromatic carbocycles. The Labute approximate surface area is 72.3 Å². The number of esters is 1. The molecule has 7 heteroatoms. The lowest BCUT2D eigenvalue weighted by atomic mass is 10.6. The standard InChI is InChI=1S/C6H7F2N3O2/c1-13-6(12)5-9-3-11(10-5)2-4(7)8/h3-4H,2H2,1H3. The summed E-state index contributed by atoms with van der Waals surface area (Å²) in [6.07, 6.45) is -1.47. The molecule has 13 heavy (non-hydrogen) atoms. The van der Waals surface area contributed by atoms with Gasteiger partial charge in [0.1, 0.15) is 12.9 Å². The number of aromatic nitrogens is 3. The number of hydrogen-bond donors (Lipinski definition) is 0. The molecule has 0 aliphatic carbocycles. The van der Waals surface area contributed by atoms with Gasteiger partial charge in [0.15, 0.2) is 0 Å². The van der Waals surface area contributed by atoms with E-state index < -0.39 is 18.9 Å². The van der Waals surface area contributed by atoms with Crippen LogP contribution in [0.2, 0.25) is 0 Å². The molecule has 1 aromatic heterocycles. The van der Waals surface area contributed by atoms with Crippen LogP contribution in [-0.4, -0.2) is 34.3 Å². The van der Waals surface area contributed by atoms with Gasteiger partial charge in [0.2, 0.25) is 0 Å². The number of halogens is 2. The molecule has 72 valence electrons. The summed E-state index contributed by atoms with van der Waals surface area (Å²) in [5.74, 6) is -0.962.